The molecule has 202 valence electrons. The number of hydrogen-bond donors (Lipinski definition) is 3. The second-order valence-corrected chi connectivity index (χ2v) is 10.7. The lowest BCUT2D eigenvalue weighted by Gasteiger charge is -2.40. The maximum atomic E-state index is 12.1. The lowest BCUT2D eigenvalue weighted by atomic mass is 9.99. The zero-order chi connectivity index (χ0) is 25.4. The fraction of sp³-hybridized carbons (Fsp3) is 0.962. The SMILES string of the molecule is CCCCCCCCCCCCCC(=O)OCC1OC(OCCC[N+](C)(C)C)C(O)C(O)C1O. The fourth-order valence-corrected chi connectivity index (χ4v) is 4.11. The van der Waals surface area contributed by atoms with Crippen LogP contribution in [0.4, 0.5) is 0 Å². The largest absolute Gasteiger partial charge is 0.463 e. The van der Waals surface area contributed by atoms with Crippen LogP contribution in [-0.4, -0.2) is 97.4 Å². The minimum absolute atomic E-state index is 0.180. The Morgan fingerprint density at radius 3 is 1.91 bits per heavy atom. The van der Waals surface area contributed by atoms with Crippen LogP contribution < -0.4 is 0 Å². The van der Waals surface area contributed by atoms with Crippen molar-refractivity contribution in [3.8, 4) is 0 Å². The molecule has 5 unspecified atom stereocenters. The van der Waals surface area contributed by atoms with E-state index in [9.17, 15) is 20.1 Å². The van der Waals surface area contributed by atoms with E-state index in [4.69, 9.17) is 14.2 Å². The van der Waals surface area contributed by atoms with Gasteiger partial charge in [0, 0.05) is 12.8 Å². The average molecular weight is 491 g/mol. The van der Waals surface area contributed by atoms with Crippen molar-refractivity contribution in [1.29, 1.82) is 0 Å². The van der Waals surface area contributed by atoms with Crippen LogP contribution in [0.5, 0.6) is 0 Å². The molecule has 5 atom stereocenters. The van der Waals surface area contributed by atoms with Crippen molar-refractivity contribution in [2.45, 2.75) is 121 Å². The van der Waals surface area contributed by atoms with E-state index in [0.717, 1.165) is 36.7 Å². The molecule has 0 amide bonds. The molecule has 1 aliphatic rings. The molecule has 8 nitrogen and oxygen atoms in total. The Bertz CT molecular complexity index is 526. The van der Waals surface area contributed by atoms with Crippen LogP contribution in [0.15, 0.2) is 0 Å². The third-order valence-electron chi connectivity index (χ3n) is 6.32. The van der Waals surface area contributed by atoms with Crippen LogP contribution in [-0.2, 0) is 19.0 Å². The highest BCUT2D eigenvalue weighted by Crippen LogP contribution is 2.23. The molecule has 1 heterocycles. The monoisotopic (exact) mass is 490 g/mol. The third kappa shape index (κ3) is 14.0. The van der Waals surface area contributed by atoms with Crippen molar-refractivity contribution < 1.29 is 38.8 Å². The molecule has 3 N–H and O–H groups in total. The lowest BCUT2D eigenvalue weighted by molar-refractivity contribution is -0.870. The first-order chi connectivity index (χ1) is 16.2. The van der Waals surface area contributed by atoms with Crippen LogP contribution in [0.3, 0.4) is 0 Å². The van der Waals surface area contributed by atoms with Gasteiger partial charge in [0.15, 0.2) is 6.29 Å². The van der Waals surface area contributed by atoms with Gasteiger partial charge in [-0.3, -0.25) is 4.79 Å². The van der Waals surface area contributed by atoms with E-state index in [1.54, 1.807) is 0 Å². The van der Waals surface area contributed by atoms with Gasteiger partial charge in [0.25, 0.3) is 0 Å². The van der Waals surface area contributed by atoms with Crippen LogP contribution in [0, 0.1) is 0 Å². The van der Waals surface area contributed by atoms with E-state index in [0.29, 0.717) is 13.0 Å². The summed E-state index contributed by atoms with van der Waals surface area (Å²) in [6, 6.07) is 0. The van der Waals surface area contributed by atoms with Crippen molar-refractivity contribution in [3.63, 3.8) is 0 Å². The highest BCUT2D eigenvalue weighted by molar-refractivity contribution is 5.69. The van der Waals surface area contributed by atoms with Crippen molar-refractivity contribution in [2.75, 3.05) is 40.9 Å². The Hall–Kier alpha value is -0.770. The first-order valence-corrected chi connectivity index (χ1v) is 13.4. The van der Waals surface area contributed by atoms with Crippen LogP contribution in [0.1, 0.15) is 90.4 Å². The number of esters is 1. The highest BCUT2D eigenvalue weighted by Gasteiger charge is 2.44. The van der Waals surface area contributed by atoms with Crippen LogP contribution >= 0.6 is 0 Å². The summed E-state index contributed by atoms with van der Waals surface area (Å²) in [5, 5.41) is 30.5. The summed E-state index contributed by atoms with van der Waals surface area (Å²) >= 11 is 0. The molecule has 0 aromatic heterocycles. The van der Waals surface area contributed by atoms with Crippen molar-refractivity contribution in [1.82, 2.24) is 0 Å². The van der Waals surface area contributed by atoms with Gasteiger partial charge in [-0.15, -0.1) is 0 Å². The number of quaternary nitrogens is 1. The second kappa shape index (κ2) is 17.6. The molecule has 1 aliphatic heterocycles. The Balaban J connectivity index is 2.18. The number of carbonyl (C=O) groups excluding carboxylic acids is 1. The first-order valence-electron chi connectivity index (χ1n) is 13.4. The maximum Gasteiger partial charge on any atom is 0.305 e. The molecule has 0 aromatic carbocycles. The van der Waals surface area contributed by atoms with Gasteiger partial charge in [-0.05, 0) is 6.42 Å². The van der Waals surface area contributed by atoms with E-state index in [-0.39, 0.29) is 12.6 Å². The second-order valence-electron chi connectivity index (χ2n) is 10.7. The number of nitrogens with zero attached hydrogens (tertiary/aromatic N) is 1. The van der Waals surface area contributed by atoms with E-state index in [2.05, 4.69) is 28.1 Å². The van der Waals surface area contributed by atoms with E-state index < -0.39 is 30.7 Å². The summed E-state index contributed by atoms with van der Waals surface area (Å²) in [6.07, 6.45) is 8.29. The van der Waals surface area contributed by atoms with Crippen molar-refractivity contribution in [2.24, 2.45) is 0 Å². The van der Waals surface area contributed by atoms with E-state index in [1.807, 2.05) is 0 Å². The number of ether oxygens (including phenoxy) is 3. The van der Waals surface area contributed by atoms with Gasteiger partial charge in [0.2, 0.25) is 0 Å². The molecule has 1 rings (SSSR count). The number of carbonyl (C=O) groups is 1. The standard InChI is InChI=1S/C26H52NO7/c1-5-6-7-8-9-10-11-12-13-14-15-17-22(28)33-20-21-23(29)24(30)25(31)26(34-21)32-19-16-18-27(2,3)4/h21,23-26,29-31H,5-20H2,1-4H3/q+1. The molecule has 1 fully saturated rings. The predicted octanol–water partition coefficient (Wildman–Crippen LogP) is 3.15. The van der Waals surface area contributed by atoms with Crippen LogP contribution in [0.25, 0.3) is 0 Å². The smallest absolute Gasteiger partial charge is 0.305 e. The normalized spacial score (nSPS) is 25.4. The first kappa shape index (κ1) is 31.3. The maximum absolute atomic E-state index is 12.1. The minimum atomic E-state index is -1.42. The lowest BCUT2D eigenvalue weighted by Crippen LogP contribution is -2.59. The van der Waals surface area contributed by atoms with Gasteiger partial charge >= 0.3 is 5.97 Å². The van der Waals surface area contributed by atoms with E-state index >= 15 is 0 Å². The zero-order valence-corrected chi connectivity index (χ0v) is 22.1. The molecule has 34 heavy (non-hydrogen) atoms. The number of unbranched alkanes of at least 4 members (excludes halogenated alkanes) is 10. The van der Waals surface area contributed by atoms with E-state index in [1.165, 1.54) is 51.4 Å². The summed E-state index contributed by atoms with van der Waals surface area (Å²) in [7, 11) is 6.23. The molecular weight excluding hydrogens is 438 g/mol. The number of aliphatic hydroxyl groups excluding tert-OH is 3. The summed E-state index contributed by atoms with van der Waals surface area (Å²) in [4.78, 5) is 12.1. The van der Waals surface area contributed by atoms with Gasteiger partial charge in [-0.2, -0.15) is 0 Å². The molecule has 0 bridgehead atoms. The minimum Gasteiger partial charge on any atom is -0.463 e. The van der Waals surface area contributed by atoms with Crippen LogP contribution in [0.2, 0.25) is 0 Å². The molecule has 0 saturated carbocycles. The molecule has 0 spiro atoms. The van der Waals surface area contributed by atoms with Crippen molar-refractivity contribution in [3.05, 3.63) is 0 Å². The molecule has 8 heteroatoms. The van der Waals surface area contributed by atoms with Crippen molar-refractivity contribution >= 4 is 5.97 Å². The van der Waals surface area contributed by atoms with Gasteiger partial charge < -0.3 is 34.0 Å². The highest BCUT2D eigenvalue weighted by atomic mass is 16.7. The molecule has 0 radical (unpaired) electrons. The average Bonchev–Trinajstić information content (AvgIpc) is 2.78. The van der Waals surface area contributed by atoms with Gasteiger partial charge in [0.05, 0.1) is 34.3 Å². The number of aliphatic hydroxyl groups is 3. The summed E-state index contributed by atoms with van der Waals surface area (Å²) in [5.74, 6) is -0.340. The third-order valence-corrected chi connectivity index (χ3v) is 6.32. The molecular formula is C26H52NO7+. The Labute approximate surface area is 207 Å². The Morgan fingerprint density at radius 2 is 1.35 bits per heavy atom. The quantitative estimate of drug-likeness (QED) is 0.145. The summed E-state index contributed by atoms with van der Waals surface area (Å²) < 4.78 is 17.3. The number of hydrogen-bond acceptors (Lipinski definition) is 7. The van der Waals surface area contributed by atoms with Gasteiger partial charge in [0.1, 0.15) is 31.0 Å². The summed E-state index contributed by atoms with van der Waals surface area (Å²) in [5.41, 5.74) is 0. The summed E-state index contributed by atoms with van der Waals surface area (Å²) in [6.45, 7) is 3.29. The molecule has 0 aromatic rings. The topological polar surface area (TPSA) is 105 Å². The molecule has 0 aliphatic carbocycles. The molecule has 1 saturated heterocycles. The Morgan fingerprint density at radius 1 is 0.794 bits per heavy atom. The Kier molecular flexibility index (Phi) is 16.2. The fourth-order valence-electron chi connectivity index (χ4n) is 4.11. The zero-order valence-electron chi connectivity index (χ0n) is 22.1. The van der Waals surface area contributed by atoms with Gasteiger partial charge in [-0.25, -0.2) is 0 Å². The predicted molar refractivity (Wildman–Crippen MR) is 132 cm³/mol. The van der Waals surface area contributed by atoms with Gasteiger partial charge in [-0.1, -0.05) is 71.1 Å². The number of rotatable bonds is 19.